The van der Waals surface area contributed by atoms with Crippen LogP contribution >= 0.6 is 11.6 Å². The van der Waals surface area contributed by atoms with E-state index < -0.39 is 0 Å². The molecule has 1 unspecified atom stereocenters. The standard InChI is InChI=1S/C15H20ClN3O2/c1-10-3-4-11(16)7-13(10)18-14(20)8-17-12-5-6-15(21)19(2)9-12/h3-4,7,12,17H,5-6,8-9H2,1-2H3,(H,18,20). The molecule has 0 radical (unpaired) electrons. The Morgan fingerprint density at radius 1 is 1.48 bits per heavy atom. The number of carbonyl (C=O) groups excluding carboxylic acids is 2. The van der Waals surface area contributed by atoms with E-state index in [0.717, 1.165) is 17.7 Å². The van der Waals surface area contributed by atoms with Crippen LogP contribution in [0, 0.1) is 6.92 Å². The van der Waals surface area contributed by atoms with Gasteiger partial charge in [0.05, 0.1) is 6.54 Å². The van der Waals surface area contributed by atoms with E-state index in [2.05, 4.69) is 10.6 Å². The van der Waals surface area contributed by atoms with E-state index in [9.17, 15) is 9.59 Å². The number of rotatable bonds is 4. The average Bonchev–Trinajstić information content (AvgIpc) is 2.44. The molecule has 6 heteroatoms. The minimum absolute atomic E-state index is 0.111. The van der Waals surface area contributed by atoms with Gasteiger partial charge in [0, 0.05) is 36.8 Å². The number of nitrogens with zero attached hydrogens (tertiary/aromatic N) is 1. The van der Waals surface area contributed by atoms with Crippen molar-refractivity contribution in [3.8, 4) is 0 Å². The van der Waals surface area contributed by atoms with Crippen molar-refractivity contribution in [3.63, 3.8) is 0 Å². The Hall–Kier alpha value is -1.59. The monoisotopic (exact) mass is 309 g/mol. The summed E-state index contributed by atoms with van der Waals surface area (Å²) in [5.74, 6) is 0.0481. The van der Waals surface area contributed by atoms with Crippen LogP contribution in [0.5, 0.6) is 0 Å². The topological polar surface area (TPSA) is 61.4 Å². The van der Waals surface area contributed by atoms with E-state index in [-0.39, 0.29) is 24.4 Å². The number of carbonyl (C=O) groups is 2. The summed E-state index contributed by atoms with van der Waals surface area (Å²) in [5, 5.41) is 6.63. The third-order valence-electron chi connectivity index (χ3n) is 3.65. The second-order valence-corrected chi connectivity index (χ2v) is 5.83. The highest BCUT2D eigenvalue weighted by atomic mass is 35.5. The number of likely N-dealkylation sites (tertiary alicyclic amines) is 1. The van der Waals surface area contributed by atoms with E-state index in [1.807, 2.05) is 13.0 Å². The van der Waals surface area contributed by atoms with Gasteiger partial charge in [0.1, 0.15) is 0 Å². The average molecular weight is 310 g/mol. The van der Waals surface area contributed by atoms with E-state index >= 15 is 0 Å². The summed E-state index contributed by atoms with van der Waals surface area (Å²) in [7, 11) is 1.78. The van der Waals surface area contributed by atoms with Crippen molar-refractivity contribution in [2.24, 2.45) is 0 Å². The van der Waals surface area contributed by atoms with Gasteiger partial charge in [-0.25, -0.2) is 0 Å². The molecule has 2 N–H and O–H groups in total. The molecule has 21 heavy (non-hydrogen) atoms. The number of likely N-dealkylation sites (N-methyl/N-ethyl adjacent to an activating group) is 1. The molecule has 1 atom stereocenters. The number of hydrogen-bond donors (Lipinski definition) is 2. The summed E-state index contributed by atoms with van der Waals surface area (Å²) in [5.41, 5.74) is 1.70. The zero-order valence-corrected chi connectivity index (χ0v) is 13.0. The molecular weight excluding hydrogens is 290 g/mol. The van der Waals surface area contributed by atoms with Crippen molar-refractivity contribution in [1.29, 1.82) is 0 Å². The Labute approximate surface area is 129 Å². The van der Waals surface area contributed by atoms with Crippen LogP contribution in [0.25, 0.3) is 0 Å². The van der Waals surface area contributed by atoms with Gasteiger partial charge in [0.2, 0.25) is 11.8 Å². The Morgan fingerprint density at radius 2 is 2.24 bits per heavy atom. The SMILES string of the molecule is Cc1ccc(Cl)cc1NC(=O)CNC1CCC(=O)N(C)C1. The lowest BCUT2D eigenvalue weighted by molar-refractivity contribution is -0.132. The number of hydrogen-bond acceptors (Lipinski definition) is 3. The maximum Gasteiger partial charge on any atom is 0.238 e. The van der Waals surface area contributed by atoms with Gasteiger partial charge in [-0.3, -0.25) is 9.59 Å². The molecule has 114 valence electrons. The molecule has 0 saturated carbocycles. The number of amides is 2. The summed E-state index contributed by atoms with van der Waals surface area (Å²) in [6, 6.07) is 5.56. The second kappa shape index (κ2) is 6.91. The summed E-state index contributed by atoms with van der Waals surface area (Å²) in [6.07, 6.45) is 1.30. The highest BCUT2D eigenvalue weighted by Crippen LogP contribution is 2.20. The third kappa shape index (κ3) is 4.44. The molecule has 1 saturated heterocycles. The molecule has 0 aromatic heterocycles. The van der Waals surface area contributed by atoms with Crippen LogP contribution in [0.2, 0.25) is 5.02 Å². The molecule has 2 rings (SSSR count). The number of benzene rings is 1. The van der Waals surface area contributed by atoms with Crippen molar-refractivity contribution < 1.29 is 9.59 Å². The first-order valence-electron chi connectivity index (χ1n) is 6.99. The zero-order valence-electron chi connectivity index (χ0n) is 12.3. The van der Waals surface area contributed by atoms with Gasteiger partial charge in [-0.15, -0.1) is 0 Å². The van der Waals surface area contributed by atoms with Crippen LogP contribution < -0.4 is 10.6 Å². The minimum Gasteiger partial charge on any atom is -0.344 e. The third-order valence-corrected chi connectivity index (χ3v) is 3.89. The minimum atomic E-state index is -0.111. The lowest BCUT2D eigenvalue weighted by atomic mass is 10.1. The first-order valence-corrected chi connectivity index (χ1v) is 7.37. The number of anilines is 1. The highest BCUT2D eigenvalue weighted by molar-refractivity contribution is 6.31. The molecule has 1 aliphatic heterocycles. The van der Waals surface area contributed by atoms with Crippen molar-refractivity contribution in [1.82, 2.24) is 10.2 Å². The van der Waals surface area contributed by atoms with Crippen LogP contribution in [0.1, 0.15) is 18.4 Å². The maximum absolute atomic E-state index is 12.0. The first kappa shape index (κ1) is 15.8. The Balaban J connectivity index is 1.82. The second-order valence-electron chi connectivity index (χ2n) is 5.40. The zero-order chi connectivity index (χ0) is 15.4. The predicted octanol–water partition coefficient (Wildman–Crippen LogP) is 1.80. The first-order chi connectivity index (χ1) is 9.95. The van der Waals surface area contributed by atoms with Crippen LogP contribution in [0.15, 0.2) is 18.2 Å². The summed E-state index contributed by atoms with van der Waals surface area (Å²) in [6.45, 7) is 2.78. The lowest BCUT2D eigenvalue weighted by Crippen LogP contribution is -2.48. The van der Waals surface area contributed by atoms with Crippen molar-refractivity contribution in [2.45, 2.75) is 25.8 Å². The van der Waals surface area contributed by atoms with Gasteiger partial charge in [0.25, 0.3) is 0 Å². The normalized spacial score (nSPS) is 18.7. The fourth-order valence-corrected chi connectivity index (χ4v) is 2.51. The molecule has 5 nitrogen and oxygen atoms in total. The van der Waals surface area contributed by atoms with Crippen LogP contribution in [0.3, 0.4) is 0 Å². The predicted molar refractivity (Wildman–Crippen MR) is 83.5 cm³/mol. The number of aryl methyl sites for hydroxylation is 1. The fraction of sp³-hybridized carbons (Fsp3) is 0.467. The van der Waals surface area contributed by atoms with Crippen LogP contribution in [0.4, 0.5) is 5.69 Å². The van der Waals surface area contributed by atoms with Gasteiger partial charge < -0.3 is 15.5 Å². The van der Waals surface area contributed by atoms with Gasteiger partial charge in [-0.2, -0.15) is 0 Å². The molecule has 1 aromatic rings. The summed E-state index contributed by atoms with van der Waals surface area (Å²) >= 11 is 5.92. The van der Waals surface area contributed by atoms with Crippen molar-refractivity contribution in [3.05, 3.63) is 28.8 Å². The summed E-state index contributed by atoms with van der Waals surface area (Å²) in [4.78, 5) is 25.1. The smallest absolute Gasteiger partial charge is 0.238 e. The molecular formula is C15H20ClN3O2. The number of piperidine rings is 1. The van der Waals surface area contributed by atoms with Gasteiger partial charge >= 0.3 is 0 Å². The quantitative estimate of drug-likeness (QED) is 0.891. The maximum atomic E-state index is 12.0. The van der Waals surface area contributed by atoms with E-state index in [4.69, 9.17) is 11.6 Å². The molecule has 2 amide bonds. The Kier molecular flexibility index (Phi) is 5.20. The Morgan fingerprint density at radius 3 is 2.95 bits per heavy atom. The fourth-order valence-electron chi connectivity index (χ4n) is 2.34. The number of nitrogens with one attached hydrogen (secondary N) is 2. The highest BCUT2D eigenvalue weighted by Gasteiger charge is 2.22. The lowest BCUT2D eigenvalue weighted by Gasteiger charge is -2.30. The molecule has 1 heterocycles. The Bertz CT molecular complexity index is 548. The van der Waals surface area contributed by atoms with E-state index in [1.54, 1.807) is 24.1 Å². The van der Waals surface area contributed by atoms with Crippen LogP contribution in [-0.2, 0) is 9.59 Å². The number of halogens is 1. The van der Waals surface area contributed by atoms with Gasteiger partial charge in [0.15, 0.2) is 0 Å². The van der Waals surface area contributed by atoms with E-state index in [0.29, 0.717) is 18.0 Å². The molecule has 0 bridgehead atoms. The van der Waals surface area contributed by atoms with Crippen molar-refractivity contribution >= 4 is 29.1 Å². The van der Waals surface area contributed by atoms with E-state index in [1.165, 1.54) is 0 Å². The largest absolute Gasteiger partial charge is 0.344 e. The van der Waals surface area contributed by atoms with Crippen LogP contribution in [-0.4, -0.2) is 42.9 Å². The van der Waals surface area contributed by atoms with Crippen molar-refractivity contribution in [2.75, 3.05) is 25.5 Å². The van der Waals surface area contributed by atoms with Gasteiger partial charge in [-0.1, -0.05) is 17.7 Å². The molecule has 1 fully saturated rings. The molecule has 1 aromatic carbocycles. The summed E-state index contributed by atoms with van der Waals surface area (Å²) < 4.78 is 0. The van der Waals surface area contributed by atoms with Gasteiger partial charge in [-0.05, 0) is 31.0 Å². The molecule has 0 spiro atoms. The molecule has 1 aliphatic rings. The molecule has 0 aliphatic carbocycles.